The Labute approximate surface area is 89.2 Å². The van der Waals surface area contributed by atoms with Gasteiger partial charge in [0.25, 0.3) is 5.91 Å². The third kappa shape index (κ3) is 1.84. The molecule has 2 fully saturated rings. The van der Waals surface area contributed by atoms with Crippen LogP contribution in [0.4, 0.5) is 4.79 Å². The first-order valence-corrected chi connectivity index (χ1v) is 5.42. The first-order chi connectivity index (χ1) is 7.09. The topological polar surface area (TPSA) is 66.6 Å². The highest BCUT2D eigenvalue weighted by Gasteiger charge is 2.39. The second kappa shape index (κ2) is 3.81. The van der Waals surface area contributed by atoms with Crippen molar-refractivity contribution in [2.24, 2.45) is 5.73 Å². The third-order valence-corrected chi connectivity index (χ3v) is 3.23. The molecule has 0 bridgehead atoms. The number of carbonyl (C=O) groups excluding carboxylic acids is 2. The van der Waals surface area contributed by atoms with Gasteiger partial charge in [0, 0.05) is 19.1 Å². The van der Waals surface area contributed by atoms with Crippen molar-refractivity contribution in [1.29, 1.82) is 0 Å². The van der Waals surface area contributed by atoms with E-state index in [-0.39, 0.29) is 30.6 Å². The van der Waals surface area contributed by atoms with Crippen LogP contribution in [-0.2, 0) is 4.79 Å². The molecule has 0 aromatic carbocycles. The van der Waals surface area contributed by atoms with Gasteiger partial charge in [-0.1, -0.05) is 0 Å². The van der Waals surface area contributed by atoms with Gasteiger partial charge in [-0.3, -0.25) is 9.69 Å². The minimum atomic E-state index is -0.167. The number of carbonyl (C=O) groups is 2. The molecule has 1 heterocycles. The molecular formula is C10H17N3O2. The number of nitrogens with two attached hydrogens (primary N) is 1. The lowest BCUT2D eigenvalue weighted by Gasteiger charge is -2.32. The summed E-state index contributed by atoms with van der Waals surface area (Å²) in [5, 5.41) is 0. The molecule has 2 N–H and O–H groups in total. The Morgan fingerprint density at radius 2 is 2.07 bits per heavy atom. The highest BCUT2D eigenvalue weighted by atomic mass is 16.2. The normalized spacial score (nSPS) is 32.7. The van der Waals surface area contributed by atoms with Crippen LogP contribution in [-0.4, -0.2) is 47.4 Å². The van der Waals surface area contributed by atoms with Crippen molar-refractivity contribution in [2.75, 3.05) is 13.6 Å². The van der Waals surface area contributed by atoms with Crippen molar-refractivity contribution in [2.45, 2.75) is 37.8 Å². The molecule has 1 aliphatic heterocycles. The molecule has 5 nitrogen and oxygen atoms in total. The van der Waals surface area contributed by atoms with Crippen LogP contribution in [0.25, 0.3) is 0 Å². The Morgan fingerprint density at radius 3 is 2.60 bits per heavy atom. The minimum Gasteiger partial charge on any atom is -0.328 e. The van der Waals surface area contributed by atoms with Crippen LogP contribution < -0.4 is 5.73 Å². The first-order valence-electron chi connectivity index (χ1n) is 5.42. The van der Waals surface area contributed by atoms with Crippen molar-refractivity contribution in [1.82, 2.24) is 9.80 Å². The molecule has 2 atom stereocenters. The fraction of sp³-hybridized carbons (Fsp3) is 0.800. The lowest BCUT2D eigenvalue weighted by atomic mass is 9.91. The minimum absolute atomic E-state index is 0.0266. The van der Waals surface area contributed by atoms with Crippen molar-refractivity contribution in [3.05, 3.63) is 0 Å². The number of imide groups is 1. The summed E-state index contributed by atoms with van der Waals surface area (Å²) in [6.07, 6.45) is 3.67. The maximum atomic E-state index is 11.7. The molecular weight excluding hydrogens is 194 g/mol. The third-order valence-electron chi connectivity index (χ3n) is 3.23. The molecule has 0 aromatic rings. The number of hydrogen-bond donors (Lipinski definition) is 1. The maximum absolute atomic E-state index is 11.7. The van der Waals surface area contributed by atoms with Gasteiger partial charge in [0.15, 0.2) is 0 Å². The maximum Gasteiger partial charge on any atom is 0.327 e. The average molecular weight is 211 g/mol. The molecule has 3 amide bonds. The fourth-order valence-electron chi connectivity index (χ4n) is 2.43. The van der Waals surface area contributed by atoms with Gasteiger partial charge in [-0.15, -0.1) is 0 Å². The second-order valence-corrected chi connectivity index (χ2v) is 4.48. The molecule has 2 aliphatic rings. The molecule has 1 aliphatic carbocycles. The standard InChI is InChI=1S/C10H17N3O2/c1-12-6-9(14)13(10(12)15)8-4-2-3-7(11)5-8/h7-8H,2-6,11H2,1H3. The highest BCUT2D eigenvalue weighted by Crippen LogP contribution is 2.25. The van der Waals surface area contributed by atoms with E-state index in [2.05, 4.69) is 0 Å². The summed E-state index contributed by atoms with van der Waals surface area (Å²) >= 11 is 0. The Hall–Kier alpha value is -1.10. The number of urea groups is 1. The largest absolute Gasteiger partial charge is 0.328 e. The van der Waals surface area contributed by atoms with E-state index in [0.29, 0.717) is 0 Å². The summed E-state index contributed by atoms with van der Waals surface area (Å²) in [4.78, 5) is 26.2. The van der Waals surface area contributed by atoms with E-state index < -0.39 is 0 Å². The van der Waals surface area contributed by atoms with Gasteiger partial charge in [0.1, 0.15) is 6.54 Å². The van der Waals surface area contributed by atoms with E-state index in [1.54, 1.807) is 7.05 Å². The predicted octanol–water partition coefficient (Wildman–Crippen LogP) is 0.150. The lowest BCUT2D eigenvalue weighted by molar-refractivity contribution is -0.127. The molecule has 2 rings (SSSR count). The van der Waals surface area contributed by atoms with Crippen LogP contribution in [0.1, 0.15) is 25.7 Å². The van der Waals surface area contributed by atoms with Gasteiger partial charge in [0.05, 0.1) is 0 Å². The summed E-state index contributed by atoms with van der Waals surface area (Å²) in [5.74, 6) is -0.0819. The van der Waals surface area contributed by atoms with Crippen LogP contribution in [0.2, 0.25) is 0 Å². The lowest BCUT2D eigenvalue weighted by Crippen LogP contribution is -2.46. The molecule has 15 heavy (non-hydrogen) atoms. The summed E-state index contributed by atoms with van der Waals surface area (Å²) in [6.45, 7) is 0.213. The Kier molecular flexibility index (Phi) is 2.65. The molecule has 0 spiro atoms. The van der Waals surface area contributed by atoms with Crippen molar-refractivity contribution in [3.63, 3.8) is 0 Å². The van der Waals surface area contributed by atoms with E-state index >= 15 is 0 Å². The monoisotopic (exact) mass is 211 g/mol. The molecule has 1 saturated heterocycles. The zero-order chi connectivity index (χ0) is 11.0. The van der Waals surface area contributed by atoms with Crippen LogP contribution >= 0.6 is 0 Å². The zero-order valence-electron chi connectivity index (χ0n) is 8.98. The van der Waals surface area contributed by atoms with Gasteiger partial charge < -0.3 is 10.6 Å². The van der Waals surface area contributed by atoms with Gasteiger partial charge in [0.2, 0.25) is 0 Å². The Balaban J connectivity index is 2.09. The van der Waals surface area contributed by atoms with Crippen LogP contribution in [0, 0.1) is 0 Å². The quantitative estimate of drug-likeness (QED) is 0.628. The zero-order valence-corrected chi connectivity index (χ0v) is 8.98. The van der Waals surface area contributed by atoms with E-state index in [4.69, 9.17) is 5.73 Å². The fourth-order valence-corrected chi connectivity index (χ4v) is 2.43. The summed E-state index contributed by atoms with van der Waals surface area (Å²) in [6, 6.07) is -0.00643. The Morgan fingerprint density at radius 1 is 1.33 bits per heavy atom. The molecule has 5 heteroatoms. The van der Waals surface area contributed by atoms with Crippen LogP contribution in [0.3, 0.4) is 0 Å². The van der Waals surface area contributed by atoms with E-state index in [1.165, 1.54) is 9.80 Å². The predicted molar refractivity (Wildman–Crippen MR) is 55.1 cm³/mol. The SMILES string of the molecule is CN1CC(=O)N(C2CCCC(N)C2)C1=O. The van der Waals surface area contributed by atoms with E-state index in [9.17, 15) is 9.59 Å². The average Bonchev–Trinajstić information content (AvgIpc) is 2.41. The Bertz CT molecular complexity index is 292. The number of amides is 3. The molecule has 1 saturated carbocycles. The highest BCUT2D eigenvalue weighted by molar-refractivity contribution is 6.02. The molecule has 84 valence electrons. The number of likely N-dealkylation sites (N-methyl/N-ethyl adjacent to an activating group) is 1. The number of nitrogens with zero attached hydrogens (tertiary/aromatic N) is 2. The summed E-state index contributed by atoms with van der Waals surface area (Å²) in [5.41, 5.74) is 5.86. The number of rotatable bonds is 1. The van der Waals surface area contributed by atoms with Gasteiger partial charge in [-0.05, 0) is 25.7 Å². The summed E-state index contributed by atoms with van der Waals surface area (Å²) < 4.78 is 0. The second-order valence-electron chi connectivity index (χ2n) is 4.48. The van der Waals surface area contributed by atoms with Crippen LogP contribution in [0.15, 0.2) is 0 Å². The molecule has 2 unspecified atom stereocenters. The first kappa shape index (κ1) is 10.4. The smallest absolute Gasteiger partial charge is 0.327 e. The number of hydrogen-bond acceptors (Lipinski definition) is 3. The van der Waals surface area contributed by atoms with Crippen molar-refractivity contribution >= 4 is 11.9 Å². The van der Waals surface area contributed by atoms with E-state index in [1.807, 2.05) is 0 Å². The van der Waals surface area contributed by atoms with Crippen molar-refractivity contribution < 1.29 is 9.59 Å². The van der Waals surface area contributed by atoms with Crippen LogP contribution in [0.5, 0.6) is 0 Å². The van der Waals surface area contributed by atoms with Gasteiger partial charge in [-0.2, -0.15) is 0 Å². The molecule has 0 aromatic heterocycles. The molecule has 0 radical (unpaired) electrons. The van der Waals surface area contributed by atoms with Gasteiger partial charge >= 0.3 is 6.03 Å². The van der Waals surface area contributed by atoms with Gasteiger partial charge in [-0.25, -0.2) is 4.79 Å². The van der Waals surface area contributed by atoms with E-state index in [0.717, 1.165) is 25.7 Å². The van der Waals surface area contributed by atoms with Crippen molar-refractivity contribution in [3.8, 4) is 0 Å². The summed E-state index contributed by atoms with van der Waals surface area (Å²) in [7, 11) is 1.66.